The standard InChI is InChI=1S/C18H25ClN2O2/c1-14(13-23-2)21-11-9-18(17(21)22)8-3-10-20(18)12-15-4-6-16(19)7-5-15/h4-7,14H,3,8-13H2,1-2H3. The molecule has 23 heavy (non-hydrogen) atoms. The molecule has 0 aliphatic carbocycles. The van der Waals surface area contributed by atoms with Crippen LogP contribution in [-0.4, -0.2) is 54.1 Å². The average Bonchev–Trinajstić information content (AvgIpc) is 3.08. The number of methoxy groups -OCH3 is 1. The van der Waals surface area contributed by atoms with Gasteiger partial charge in [-0.15, -0.1) is 0 Å². The van der Waals surface area contributed by atoms with Crippen molar-refractivity contribution in [1.82, 2.24) is 9.80 Å². The first-order chi connectivity index (χ1) is 11.1. The Morgan fingerprint density at radius 3 is 2.70 bits per heavy atom. The minimum Gasteiger partial charge on any atom is -0.383 e. The Morgan fingerprint density at radius 1 is 1.26 bits per heavy atom. The summed E-state index contributed by atoms with van der Waals surface area (Å²) in [6, 6.07) is 8.09. The molecule has 2 fully saturated rings. The number of carbonyl (C=O) groups is 1. The fourth-order valence-electron chi connectivity index (χ4n) is 4.03. The fraction of sp³-hybridized carbons (Fsp3) is 0.611. The van der Waals surface area contributed by atoms with E-state index in [1.807, 2.05) is 17.0 Å². The van der Waals surface area contributed by atoms with E-state index in [9.17, 15) is 4.79 Å². The van der Waals surface area contributed by atoms with E-state index in [-0.39, 0.29) is 17.5 Å². The summed E-state index contributed by atoms with van der Waals surface area (Å²) in [4.78, 5) is 17.5. The molecule has 0 radical (unpaired) electrons. The number of likely N-dealkylation sites (tertiary alicyclic amines) is 2. The molecule has 2 heterocycles. The van der Waals surface area contributed by atoms with Gasteiger partial charge in [-0.2, -0.15) is 0 Å². The maximum Gasteiger partial charge on any atom is 0.243 e. The highest BCUT2D eigenvalue weighted by Crippen LogP contribution is 2.40. The lowest BCUT2D eigenvalue weighted by molar-refractivity contribution is -0.139. The predicted octanol–water partition coefficient (Wildman–Crippen LogP) is 2.94. The lowest BCUT2D eigenvalue weighted by Gasteiger charge is -2.34. The Bertz CT molecular complexity index is 563. The second-order valence-corrected chi connectivity index (χ2v) is 7.17. The number of ether oxygens (including phenoxy) is 1. The van der Waals surface area contributed by atoms with Crippen molar-refractivity contribution in [2.45, 2.75) is 44.3 Å². The summed E-state index contributed by atoms with van der Waals surface area (Å²) in [6.45, 7) is 5.30. The molecular weight excluding hydrogens is 312 g/mol. The van der Waals surface area contributed by atoms with Crippen molar-refractivity contribution < 1.29 is 9.53 Å². The molecular formula is C18H25ClN2O2. The van der Waals surface area contributed by atoms with Gasteiger partial charge in [0.05, 0.1) is 12.6 Å². The molecule has 3 rings (SSSR count). The Morgan fingerprint density at radius 2 is 2.00 bits per heavy atom. The molecule has 2 aliphatic heterocycles. The molecule has 0 N–H and O–H groups in total. The highest BCUT2D eigenvalue weighted by molar-refractivity contribution is 6.30. The van der Waals surface area contributed by atoms with Crippen molar-refractivity contribution in [3.63, 3.8) is 0 Å². The summed E-state index contributed by atoms with van der Waals surface area (Å²) in [7, 11) is 1.69. The third-order valence-corrected chi connectivity index (χ3v) is 5.53. The summed E-state index contributed by atoms with van der Waals surface area (Å²) < 4.78 is 5.23. The molecule has 126 valence electrons. The number of rotatable bonds is 5. The largest absolute Gasteiger partial charge is 0.383 e. The molecule has 5 heteroatoms. The zero-order valence-electron chi connectivity index (χ0n) is 13.9. The first-order valence-electron chi connectivity index (χ1n) is 8.36. The molecule has 1 amide bonds. The first kappa shape index (κ1) is 16.7. The van der Waals surface area contributed by atoms with Gasteiger partial charge in [-0.3, -0.25) is 9.69 Å². The van der Waals surface area contributed by atoms with Crippen LogP contribution in [0.4, 0.5) is 0 Å². The van der Waals surface area contributed by atoms with E-state index in [2.05, 4.69) is 24.0 Å². The molecule has 0 bridgehead atoms. The van der Waals surface area contributed by atoms with Gasteiger partial charge >= 0.3 is 0 Å². The minimum atomic E-state index is -0.304. The lowest BCUT2D eigenvalue weighted by atomic mass is 9.93. The monoisotopic (exact) mass is 336 g/mol. The maximum absolute atomic E-state index is 13.1. The average molecular weight is 337 g/mol. The number of halogens is 1. The number of carbonyl (C=O) groups excluding carboxylic acids is 1. The third-order valence-electron chi connectivity index (χ3n) is 5.28. The van der Waals surface area contributed by atoms with Crippen molar-refractivity contribution in [2.24, 2.45) is 0 Å². The number of hydrogen-bond donors (Lipinski definition) is 0. The van der Waals surface area contributed by atoms with Gasteiger partial charge in [0.2, 0.25) is 5.91 Å². The van der Waals surface area contributed by atoms with Crippen LogP contribution in [0.25, 0.3) is 0 Å². The number of benzene rings is 1. The van der Waals surface area contributed by atoms with E-state index in [0.717, 1.165) is 43.9 Å². The van der Waals surface area contributed by atoms with Gasteiger partial charge in [-0.05, 0) is 50.4 Å². The van der Waals surface area contributed by atoms with Gasteiger partial charge < -0.3 is 9.64 Å². The Hall–Kier alpha value is -1.10. The molecule has 2 saturated heterocycles. The van der Waals surface area contributed by atoms with E-state index < -0.39 is 0 Å². The Labute approximate surface area is 143 Å². The van der Waals surface area contributed by atoms with Gasteiger partial charge in [0.1, 0.15) is 5.54 Å². The van der Waals surface area contributed by atoms with E-state index in [0.29, 0.717) is 6.61 Å². The molecule has 4 nitrogen and oxygen atoms in total. The highest BCUT2D eigenvalue weighted by atomic mass is 35.5. The summed E-state index contributed by atoms with van der Waals surface area (Å²) >= 11 is 5.97. The van der Waals surface area contributed by atoms with Crippen molar-refractivity contribution in [2.75, 3.05) is 26.8 Å². The Kier molecular flexibility index (Phi) is 4.95. The first-order valence-corrected chi connectivity index (χ1v) is 8.74. The molecule has 2 atom stereocenters. The van der Waals surface area contributed by atoms with Gasteiger partial charge in [0.25, 0.3) is 0 Å². The van der Waals surface area contributed by atoms with Crippen LogP contribution in [0.2, 0.25) is 5.02 Å². The predicted molar refractivity (Wildman–Crippen MR) is 91.5 cm³/mol. The van der Waals surface area contributed by atoms with Gasteiger partial charge in [-0.25, -0.2) is 0 Å². The Balaban J connectivity index is 1.75. The summed E-state index contributed by atoms with van der Waals surface area (Å²) in [5.74, 6) is 0.286. The van der Waals surface area contributed by atoms with Gasteiger partial charge in [0.15, 0.2) is 0 Å². The van der Waals surface area contributed by atoms with Crippen LogP contribution in [0.1, 0.15) is 31.7 Å². The number of amides is 1. The third kappa shape index (κ3) is 3.12. The van der Waals surface area contributed by atoms with Gasteiger partial charge in [-0.1, -0.05) is 23.7 Å². The van der Waals surface area contributed by atoms with Crippen LogP contribution in [0.3, 0.4) is 0 Å². The maximum atomic E-state index is 13.1. The minimum absolute atomic E-state index is 0.143. The van der Waals surface area contributed by atoms with Crippen molar-refractivity contribution in [3.05, 3.63) is 34.9 Å². The SMILES string of the molecule is COCC(C)N1CCC2(CCCN2Cc2ccc(Cl)cc2)C1=O. The molecule has 2 aliphatic rings. The quantitative estimate of drug-likeness (QED) is 0.828. The van der Waals surface area contributed by atoms with E-state index in [4.69, 9.17) is 16.3 Å². The molecule has 1 aromatic rings. The van der Waals surface area contributed by atoms with Crippen LogP contribution in [0.15, 0.2) is 24.3 Å². The van der Waals surface area contributed by atoms with E-state index in [1.165, 1.54) is 5.56 Å². The van der Waals surface area contributed by atoms with Gasteiger partial charge in [0, 0.05) is 25.2 Å². The summed E-state index contributed by atoms with van der Waals surface area (Å²) in [5, 5.41) is 0.751. The molecule has 0 aromatic heterocycles. The fourth-order valence-corrected chi connectivity index (χ4v) is 4.16. The second kappa shape index (κ2) is 6.80. The van der Waals surface area contributed by atoms with E-state index in [1.54, 1.807) is 7.11 Å². The van der Waals surface area contributed by atoms with Crippen molar-refractivity contribution >= 4 is 17.5 Å². The number of hydrogen-bond acceptors (Lipinski definition) is 3. The number of nitrogens with zero attached hydrogens (tertiary/aromatic N) is 2. The lowest BCUT2D eigenvalue weighted by Crippen LogP contribution is -2.51. The van der Waals surface area contributed by atoms with E-state index >= 15 is 0 Å². The van der Waals surface area contributed by atoms with Crippen LogP contribution in [0, 0.1) is 0 Å². The molecule has 0 saturated carbocycles. The summed E-state index contributed by atoms with van der Waals surface area (Å²) in [5.41, 5.74) is 0.911. The molecule has 1 spiro atoms. The van der Waals surface area contributed by atoms with Crippen molar-refractivity contribution in [1.29, 1.82) is 0 Å². The smallest absolute Gasteiger partial charge is 0.243 e. The van der Waals surface area contributed by atoms with Crippen LogP contribution < -0.4 is 0 Å². The van der Waals surface area contributed by atoms with Crippen LogP contribution in [-0.2, 0) is 16.1 Å². The zero-order chi connectivity index (χ0) is 16.4. The second-order valence-electron chi connectivity index (χ2n) is 6.74. The normalized spacial score (nSPS) is 26.4. The topological polar surface area (TPSA) is 32.8 Å². The summed E-state index contributed by atoms with van der Waals surface area (Å²) in [6.07, 6.45) is 2.98. The molecule has 1 aromatic carbocycles. The molecule has 2 unspecified atom stereocenters. The van der Waals surface area contributed by atoms with Crippen LogP contribution in [0.5, 0.6) is 0 Å². The zero-order valence-corrected chi connectivity index (χ0v) is 14.7. The van der Waals surface area contributed by atoms with Crippen LogP contribution >= 0.6 is 11.6 Å². The highest BCUT2D eigenvalue weighted by Gasteiger charge is 2.53. The van der Waals surface area contributed by atoms with Crippen molar-refractivity contribution in [3.8, 4) is 0 Å².